The van der Waals surface area contributed by atoms with Gasteiger partial charge in [-0.3, -0.25) is 4.79 Å². The molecule has 0 radical (unpaired) electrons. The van der Waals surface area contributed by atoms with E-state index in [2.05, 4.69) is 26.1 Å². The van der Waals surface area contributed by atoms with Crippen LogP contribution in [0.4, 0.5) is 0 Å². The summed E-state index contributed by atoms with van der Waals surface area (Å²) in [6.07, 6.45) is 0.362. The Morgan fingerprint density at radius 2 is 2.04 bits per heavy atom. The summed E-state index contributed by atoms with van der Waals surface area (Å²) in [5.41, 5.74) is 1.05. The van der Waals surface area contributed by atoms with Crippen molar-refractivity contribution in [2.75, 3.05) is 13.7 Å². The van der Waals surface area contributed by atoms with Crippen LogP contribution in [0.5, 0.6) is 5.75 Å². The fourth-order valence-corrected chi connectivity index (χ4v) is 3.58. The summed E-state index contributed by atoms with van der Waals surface area (Å²) in [5, 5.41) is 4.05. The van der Waals surface area contributed by atoms with Crippen LogP contribution in [0, 0.1) is 0 Å². The lowest BCUT2D eigenvalue weighted by Crippen LogP contribution is -2.28. The highest BCUT2D eigenvalue weighted by atomic mass is 79.9. The van der Waals surface area contributed by atoms with Gasteiger partial charge in [-0.2, -0.15) is 4.98 Å². The molecule has 0 bridgehead atoms. The number of likely N-dealkylation sites (tertiary alicyclic amines) is 1. The molecule has 0 saturated carbocycles. The van der Waals surface area contributed by atoms with Gasteiger partial charge in [0, 0.05) is 18.9 Å². The van der Waals surface area contributed by atoms with Gasteiger partial charge in [-0.1, -0.05) is 17.3 Å². The number of furan rings is 1. The van der Waals surface area contributed by atoms with Gasteiger partial charge in [-0.05, 0) is 52.7 Å². The minimum atomic E-state index is -0.103. The number of carbonyl (C=O) groups is 1. The Morgan fingerprint density at radius 3 is 2.70 bits per heavy atom. The molecule has 2 atom stereocenters. The molecule has 0 N–H and O–H groups in total. The Balaban J connectivity index is 1.49. The highest BCUT2D eigenvalue weighted by Gasteiger charge is 2.36. The Morgan fingerprint density at radius 1 is 1.26 bits per heavy atom. The molecule has 3 aromatic rings. The molecule has 1 fully saturated rings. The van der Waals surface area contributed by atoms with Gasteiger partial charge in [0.05, 0.1) is 13.2 Å². The van der Waals surface area contributed by atoms with E-state index in [1.807, 2.05) is 36.1 Å². The van der Waals surface area contributed by atoms with Crippen molar-refractivity contribution in [3.05, 3.63) is 52.5 Å². The van der Waals surface area contributed by atoms with Crippen molar-refractivity contribution >= 4 is 21.8 Å². The summed E-state index contributed by atoms with van der Waals surface area (Å²) in [6.45, 7) is 2.57. The molecule has 2 unspecified atom stereocenters. The first kappa shape index (κ1) is 17.8. The van der Waals surface area contributed by atoms with Crippen molar-refractivity contribution in [1.29, 1.82) is 0 Å². The molecular formula is C19H18BrN3O4. The van der Waals surface area contributed by atoms with Crippen molar-refractivity contribution in [1.82, 2.24) is 15.0 Å². The van der Waals surface area contributed by atoms with E-state index in [9.17, 15) is 4.79 Å². The molecule has 1 aromatic carbocycles. The zero-order chi connectivity index (χ0) is 19.0. The Hall–Kier alpha value is -2.61. The molecule has 1 aliphatic heterocycles. The third-order valence-corrected chi connectivity index (χ3v) is 5.24. The van der Waals surface area contributed by atoms with Gasteiger partial charge in [0.2, 0.25) is 5.91 Å². The molecule has 8 heteroatoms. The van der Waals surface area contributed by atoms with Crippen LogP contribution in [0.15, 0.2) is 50.0 Å². The number of amides is 1. The zero-order valence-electron chi connectivity index (χ0n) is 14.9. The largest absolute Gasteiger partial charge is 0.497 e. The molecule has 140 valence electrons. The Labute approximate surface area is 164 Å². The monoisotopic (exact) mass is 431 g/mol. The summed E-state index contributed by atoms with van der Waals surface area (Å²) >= 11 is 3.25. The van der Waals surface area contributed by atoms with E-state index in [0.29, 0.717) is 35.1 Å². The number of hydrogen-bond donors (Lipinski definition) is 0. The Kier molecular flexibility index (Phi) is 4.73. The second-order valence-electron chi connectivity index (χ2n) is 6.46. The maximum Gasteiger partial charge on any atom is 0.293 e. The van der Waals surface area contributed by atoms with Crippen LogP contribution in [-0.4, -0.2) is 34.6 Å². The molecule has 3 heterocycles. The average Bonchev–Trinajstić information content (AvgIpc) is 3.40. The van der Waals surface area contributed by atoms with Gasteiger partial charge in [-0.15, -0.1) is 0 Å². The topological polar surface area (TPSA) is 81.6 Å². The SMILES string of the molecule is COc1ccc(C(C)N2CC(c3noc(-c4ccc(Br)o4)n3)CC2=O)cc1. The van der Waals surface area contributed by atoms with Gasteiger partial charge in [0.1, 0.15) is 5.75 Å². The molecule has 2 aromatic heterocycles. The van der Waals surface area contributed by atoms with E-state index in [1.54, 1.807) is 19.2 Å². The van der Waals surface area contributed by atoms with Gasteiger partial charge in [0.25, 0.3) is 5.89 Å². The van der Waals surface area contributed by atoms with Crippen LogP contribution in [-0.2, 0) is 4.79 Å². The highest BCUT2D eigenvalue weighted by Crippen LogP contribution is 2.34. The molecule has 1 saturated heterocycles. The van der Waals surface area contributed by atoms with Crippen molar-refractivity contribution in [2.24, 2.45) is 0 Å². The number of carbonyl (C=O) groups excluding carboxylic acids is 1. The minimum Gasteiger partial charge on any atom is -0.497 e. The number of ether oxygens (including phenoxy) is 1. The van der Waals surface area contributed by atoms with Gasteiger partial charge in [-0.25, -0.2) is 0 Å². The van der Waals surface area contributed by atoms with Crippen LogP contribution in [0.25, 0.3) is 11.7 Å². The van der Waals surface area contributed by atoms with Crippen molar-refractivity contribution in [3.63, 3.8) is 0 Å². The third-order valence-electron chi connectivity index (χ3n) is 4.82. The molecule has 1 aliphatic rings. The van der Waals surface area contributed by atoms with E-state index in [-0.39, 0.29) is 17.9 Å². The van der Waals surface area contributed by atoms with Gasteiger partial charge >= 0.3 is 0 Å². The second kappa shape index (κ2) is 7.19. The van der Waals surface area contributed by atoms with Crippen LogP contribution in [0.2, 0.25) is 0 Å². The number of halogens is 1. The summed E-state index contributed by atoms with van der Waals surface area (Å²) in [5.74, 6) is 2.10. The maximum atomic E-state index is 12.6. The van der Waals surface area contributed by atoms with Crippen LogP contribution < -0.4 is 4.74 Å². The number of methoxy groups -OCH3 is 1. The van der Waals surface area contributed by atoms with E-state index < -0.39 is 0 Å². The lowest BCUT2D eigenvalue weighted by Gasteiger charge is -2.25. The number of hydrogen-bond acceptors (Lipinski definition) is 6. The van der Waals surface area contributed by atoms with E-state index in [0.717, 1.165) is 11.3 Å². The third kappa shape index (κ3) is 3.49. The molecular weight excluding hydrogens is 414 g/mol. The predicted molar refractivity (Wildman–Crippen MR) is 100 cm³/mol. The summed E-state index contributed by atoms with van der Waals surface area (Å²) < 4.78 is 16.5. The van der Waals surface area contributed by atoms with E-state index in [1.165, 1.54) is 0 Å². The first-order chi connectivity index (χ1) is 13.0. The summed E-state index contributed by atoms with van der Waals surface area (Å²) in [6, 6.07) is 11.2. The standard InChI is InChI=1S/C19H18BrN3O4/c1-11(12-3-5-14(25-2)6-4-12)23-10-13(9-17(23)24)18-21-19(27-22-18)15-7-8-16(20)26-15/h3-8,11,13H,9-10H2,1-2H3. The van der Waals surface area contributed by atoms with Crippen LogP contribution in [0.1, 0.15) is 36.7 Å². The number of rotatable bonds is 5. The fourth-order valence-electron chi connectivity index (χ4n) is 3.27. The second-order valence-corrected chi connectivity index (χ2v) is 7.24. The molecule has 0 spiro atoms. The number of benzene rings is 1. The van der Waals surface area contributed by atoms with Crippen molar-refractivity contribution < 1.29 is 18.5 Å². The molecule has 1 amide bonds. The maximum absolute atomic E-state index is 12.6. The van der Waals surface area contributed by atoms with E-state index in [4.69, 9.17) is 13.7 Å². The van der Waals surface area contributed by atoms with Crippen molar-refractivity contribution in [3.8, 4) is 17.4 Å². The minimum absolute atomic E-state index is 0.0409. The summed E-state index contributed by atoms with van der Waals surface area (Å²) in [4.78, 5) is 18.8. The quantitative estimate of drug-likeness (QED) is 0.602. The highest BCUT2D eigenvalue weighted by molar-refractivity contribution is 9.10. The first-order valence-electron chi connectivity index (χ1n) is 8.58. The number of aromatic nitrogens is 2. The average molecular weight is 432 g/mol. The smallest absolute Gasteiger partial charge is 0.293 e. The van der Waals surface area contributed by atoms with Crippen LogP contribution in [0.3, 0.4) is 0 Å². The van der Waals surface area contributed by atoms with Crippen LogP contribution >= 0.6 is 15.9 Å². The normalized spacial score (nSPS) is 18.1. The first-order valence-corrected chi connectivity index (χ1v) is 9.37. The molecule has 7 nitrogen and oxygen atoms in total. The number of nitrogens with zero attached hydrogens (tertiary/aromatic N) is 3. The lowest BCUT2D eigenvalue weighted by molar-refractivity contribution is -0.129. The van der Waals surface area contributed by atoms with Crippen molar-refractivity contribution in [2.45, 2.75) is 25.3 Å². The fraction of sp³-hybridized carbons (Fsp3) is 0.316. The summed E-state index contributed by atoms with van der Waals surface area (Å²) in [7, 11) is 1.63. The van der Waals surface area contributed by atoms with E-state index >= 15 is 0 Å². The molecule has 0 aliphatic carbocycles. The Bertz CT molecular complexity index is 950. The molecule has 27 heavy (non-hydrogen) atoms. The zero-order valence-corrected chi connectivity index (χ0v) is 16.5. The lowest BCUT2D eigenvalue weighted by atomic mass is 10.1. The van der Waals surface area contributed by atoms with Gasteiger partial charge in [0.15, 0.2) is 16.3 Å². The predicted octanol–water partition coefficient (Wildman–Crippen LogP) is 4.18. The molecule has 4 rings (SSSR count). The van der Waals surface area contributed by atoms with Gasteiger partial charge < -0.3 is 18.6 Å².